The Morgan fingerprint density at radius 1 is 1.37 bits per heavy atom. The zero-order chi connectivity index (χ0) is 13.1. The van der Waals surface area contributed by atoms with Crippen LogP contribution in [0.15, 0.2) is 30.5 Å². The van der Waals surface area contributed by atoms with Crippen molar-refractivity contribution in [3.8, 4) is 0 Å². The first kappa shape index (κ1) is 12.4. The first-order valence-corrected chi connectivity index (χ1v) is 6.95. The van der Waals surface area contributed by atoms with E-state index in [1.807, 2.05) is 10.9 Å². The van der Waals surface area contributed by atoms with Gasteiger partial charge in [0.05, 0.1) is 18.4 Å². The summed E-state index contributed by atoms with van der Waals surface area (Å²) >= 11 is 0. The molecule has 3 rings (SSSR count). The lowest BCUT2D eigenvalue weighted by molar-refractivity contribution is 0.627. The predicted octanol–water partition coefficient (Wildman–Crippen LogP) is 2.13. The van der Waals surface area contributed by atoms with E-state index in [-0.39, 0.29) is 0 Å². The second-order valence-corrected chi connectivity index (χ2v) is 5.47. The molecular formula is C15H20N4. The minimum atomic E-state index is 0.789. The zero-order valence-electron chi connectivity index (χ0n) is 11.3. The molecular weight excluding hydrogens is 236 g/mol. The van der Waals surface area contributed by atoms with Gasteiger partial charge in [0.1, 0.15) is 0 Å². The highest BCUT2D eigenvalue weighted by Crippen LogP contribution is 2.27. The van der Waals surface area contributed by atoms with Gasteiger partial charge in [0, 0.05) is 6.54 Å². The molecule has 1 saturated carbocycles. The maximum atomic E-state index is 4.20. The van der Waals surface area contributed by atoms with Gasteiger partial charge in [0.25, 0.3) is 0 Å². The molecule has 0 saturated heterocycles. The summed E-state index contributed by atoms with van der Waals surface area (Å²) in [5.41, 5.74) is 3.57. The molecule has 1 aliphatic rings. The number of benzene rings is 1. The lowest BCUT2D eigenvalue weighted by Gasteiger charge is -2.02. The van der Waals surface area contributed by atoms with E-state index in [9.17, 15) is 0 Å². The van der Waals surface area contributed by atoms with Crippen LogP contribution in [0.25, 0.3) is 0 Å². The average molecular weight is 256 g/mol. The Hall–Kier alpha value is -1.68. The molecule has 100 valence electrons. The molecule has 0 spiro atoms. The van der Waals surface area contributed by atoms with E-state index in [2.05, 4.69) is 46.8 Å². The van der Waals surface area contributed by atoms with Crippen LogP contribution in [-0.4, -0.2) is 21.5 Å². The van der Waals surface area contributed by atoms with Crippen molar-refractivity contribution >= 4 is 0 Å². The molecule has 1 aromatic heterocycles. The summed E-state index contributed by atoms with van der Waals surface area (Å²) in [5.74, 6) is 0.905. The van der Waals surface area contributed by atoms with Crippen LogP contribution in [0.3, 0.4) is 0 Å². The molecule has 1 heterocycles. The topological polar surface area (TPSA) is 42.7 Å². The van der Waals surface area contributed by atoms with Crippen molar-refractivity contribution in [2.24, 2.45) is 5.92 Å². The van der Waals surface area contributed by atoms with Crippen LogP contribution in [0.1, 0.15) is 29.7 Å². The zero-order valence-corrected chi connectivity index (χ0v) is 11.3. The van der Waals surface area contributed by atoms with Crippen molar-refractivity contribution in [3.63, 3.8) is 0 Å². The maximum absolute atomic E-state index is 4.20. The highest BCUT2D eigenvalue weighted by molar-refractivity contribution is 5.22. The van der Waals surface area contributed by atoms with E-state index in [4.69, 9.17) is 0 Å². The molecule has 1 aliphatic carbocycles. The van der Waals surface area contributed by atoms with Gasteiger partial charge in [0.2, 0.25) is 0 Å². The number of rotatable bonds is 6. The van der Waals surface area contributed by atoms with E-state index >= 15 is 0 Å². The van der Waals surface area contributed by atoms with E-state index in [1.54, 1.807) is 0 Å². The molecule has 0 unspecified atom stereocenters. The fourth-order valence-corrected chi connectivity index (χ4v) is 2.22. The molecule has 19 heavy (non-hydrogen) atoms. The number of aromatic nitrogens is 3. The quantitative estimate of drug-likeness (QED) is 0.861. The Kier molecular flexibility index (Phi) is 3.60. The van der Waals surface area contributed by atoms with Crippen LogP contribution in [0.2, 0.25) is 0 Å². The van der Waals surface area contributed by atoms with Gasteiger partial charge in [-0.15, -0.1) is 5.10 Å². The molecule has 1 aromatic carbocycles. The SMILES string of the molecule is Cc1cccc(Cn2cc(CNCC3CC3)nn2)c1. The van der Waals surface area contributed by atoms with Gasteiger partial charge in [-0.2, -0.15) is 0 Å². The van der Waals surface area contributed by atoms with Gasteiger partial charge in [-0.3, -0.25) is 0 Å². The Morgan fingerprint density at radius 3 is 3.05 bits per heavy atom. The second-order valence-electron chi connectivity index (χ2n) is 5.47. The summed E-state index contributed by atoms with van der Waals surface area (Å²) in [6, 6.07) is 8.50. The van der Waals surface area contributed by atoms with E-state index in [0.29, 0.717) is 0 Å². The van der Waals surface area contributed by atoms with E-state index in [0.717, 1.165) is 31.2 Å². The van der Waals surface area contributed by atoms with Crippen molar-refractivity contribution in [1.29, 1.82) is 0 Å². The molecule has 2 aromatic rings. The fraction of sp³-hybridized carbons (Fsp3) is 0.467. The Labute approximate surface area is 113 Å². The highest BCUT2D eigenvalue weighted by Gasteiger charge is 2.20. The molecule has 1 fully saturated rings. The van der Waals surface area contributed by atoms with Gasteiger partial charge >= 0.3 is 0 Å². The standard InChI is InChI=1S/C15H20N4/c1-12-3-2-4-14(7-12)10-19-11-15(17-18-19)9-16-8-13-5-6-13/h2-4,7,11,13,16H,5-6,8-10H2,1H3. The number of aryl methyl sites for hydroxylation is 1. The Balaban J connectivity index is 1.54. The van der Waals surface area contributed by atoms with Crippen LogP contribution in [0.5, 0.6) is 0 Å². The molecule has 0 aliphatic heterocycles. The molecule has 4 heteroatoms. The summed E-state index contributed by atoms with van der Waals surface area (Å²) < 4.78 is 1.91. The lowest BCUT2D eigenvalue weighted by atomic mass is 10.1. The van der Waals surface area contributed by atoms with Gasteiger partial charge in [-0.05, 0) is 37.8 Å². The first-order chi connectivity index (χ1) is 9.29. The lowest BCUT2D eigenvalue weighted by Crippen LogP contribution is -2.16. The normalized spacial score (nSPS) is 14.8. The van der Waals surface area contributed by atoms with Gasteiger partial charge in [0.15, 0.2) is 0 Å². The summed E-state index contributed by atoms with van der Waals surface area (Å²) in [6.07, 6.45) is 4.79. The molecule has 0 bridgehead atoms. The summed E-state index contributed by atoms with van der Waals surface area (Å²) in [5, 5.41) is 11.8. The largest absolute Gasteiger partial charge is 0.311 e. The smallest absolute Gasteiger partial charge is 0.0964 e. The van der Waals surface area contributed by atoms with Gasteiger partial charge < -0.3 is 5.32 Å². The number of hydrogen-bond acceptors (Lipinski definition) is 3. The van der Waals surface area contributed by atoms with Crippen molar-refractivity contribution in [3.05, 3.63) is 47.3 Å². The predicted molar refractivity (Wildman–Crippen MR) is 74.7 cm³/mol. The third kappa shape index (κ3) is 3.64. The van der Waals surface area contributed by atoms with E-state index in [1.165, 1.54) is 24.0 Å². The van der Waals surface area contributed by atoms with Crippen LogP contribution in [0, 0.1) is 12.8 Å². The number of nitrogens with zero attached hydrogens (tertiary/aromatic N) is 3. The van der Waals surface area contributed by atoms with Crippen molar-refractivity contribution in [2.45, 2.75) is 32.9 Å². The fourth-order valence-electron chi connectivity index (χ4n) is 2.22. The minimum absolute atomic E-state index is 0.789. The molecule has 0 atom stereocenters. The van der Waals surface area contributed by atoms with Crippen molar-refractivity contribution in [2.75, 3.05) is 6.54 Å². The van der Waals surface area contributed by atoms with Crippen molar-refractivity contribution < 1.29 is 0 Å². The monoisotopic (exact) mass is 256 g/mol. The van der Waals surface area contributed by atoms with Crippen LogP contribution < -0.4 is 5.32 Å². The molecule has 1 N–H and O–H groups in total. The Morgan fingerprint density at radius 2 is 2.26 bits per heavy atom. The second kappa shape index (κ2) is 5.53. The van der Waals surface area contributed by atoms with Crippen LogP contribution in [-0.2, 0) is 13.1 Å². The number of nitrogens with one attached hydrogen (secondary N) is 1. The molecule has 0 amide bonds. The summed E-state index contributed by atoms with van der Waals surface area (Å²) in [7, 11) is 0. The third-order valence-electron chi connectivity index (χ3n) is 3.45. The van der Waals surface area contributed by atoms with Crippen molar-refractivity contribution in [1.82, 2.24) is 20.3 Å². The van der Waals surface area contributed by atoms with Gasteiger partial charge in [-0.1, -0.05) is 35.0 Å². The average Bonchev–Trinajstić information content (AvgIpc) is 3.10. The van der Waals surface area contributed by atoms with E-state index < -0.39 is 0 Å². The molecule has 4 nitrogen and oxygen atoms in total. The van der Waals surface area contributed by atoms with Crippen LogP contribution in [0.4, 0.5) is 0 Å². The highest BCUT2D eigenvalue weighted by atomic mass is 15.4. The number of hydrogen-bond donors (Lipinski definition) is 1. The third-order valence-corrected chi connectivity index (χ3v) is 3.45. The maximum Gasteiger partial charge on any atom is 0.0964 e. The summed E-state index contributed by atoms with van der Waals surface area (Å²) in [6.45, 7) is 4.84. The van der Waals surface area contributed by atoms with Gasteiger partial charge in [-0.25, -0.2) is 4.68 Å². The summed E-state index contributed by atoms with van der Waals surface area (Å²) in [4.78, 5) is 0. The minimum Gasteiger partial charge on any atom is -0.311 e. The first-order valence-electron chi connectivity index (χ1n) is 6.95. The Bertz CT molecular complexity index is 543. The molecule has 0 radical (unpaired) electrons. The van der Waals surface area contributed by atoms with Crippen LogP contribution >= 0.6 is 0 Å².